The molecule has 0 spiro atoms. The van der Waals surface area contributed by atoms with Crippen molar-refractivity contribution in [1.29, 1.82) is 0 Å². The quantitative estimate of drug-likeness (QED) is 0.488. The van der Waals surface area contributed by atoms with Crippen LogP contribution in [0.25, 0.3) is 0 Å². The monoisotopic (exact) mass is 104 g/mol. The molecular formula is C4H5FO2. The summed E-state index contributed by atoms with van der Waals surface area (Å²) >= 11 is 0. The Labute approximate surface area is 40.5 Å². The van der Waals surface area contributed by atoms with Crippen LogP contribution < -0.4 is 0 Å². The standard InChI is InChI=1S/C4H5FO2/c1-2-3-4(6)7-5/h2H,1,3H2. The number of halogens is 1. The molecule has 0 aromatic carbocycles. The Morgan fingerprint density at radius 3 is 2.71 bits per heavy atom. The summed E-state index contributed by atoms with van der Waals surface area (Å²) in [6.45, 7) is 3.18. The van der Waals surface area contributed by atoms with Crippen molar-refractivity contribution in [2.75, 3.05) is 0 Å². The normalized spacial score (nSPS) is 7.57. The lowest BCUT2D eigenvalue weighted by Gasteiger charge is -1.81. The predicted octanol–water partition coefficient (Wildman–Crippen LogP) is 0.990. The molecule has 0 radical (unpaired) electrons. The first-order valence-corrected chi connectivity index (χ1v) is 1.73. The summed E-state index contributed by atoms with van der Waals surface area (Å²) in [6.07, 6.45) is 1.19. The van der Waals surface area contributed by atoms with Crippen molar-refractivity contribution in [1.82, 2.24) is 0 Å². The summed E-state index contributed by atoms with van der Waals surface area (Å²) in [5.41, 5.74) is 0. The summed E-state index contributed by atoms with van der Waals surface area (Å²) in [5.74, 6) is -0.907. The van der Waals surface area contributed by atoms with Crippen LogP contribution in [0.4, 0.5) is 4.53 Å². The molecule has 0 unspecified atom stereocenters. The first-order valence-electron chi connectivity index (χ1n) is 1.73. The van der Waals surface area contributed by atoms with Crippen LogP contribution in [-0.4, -0.2) is 5.97 Å². The number of hydrogen-bond donors (Lipinski definition) is 0. The third-order valence-corrected chi connectivity index (χ3v) is 0.397. The fourth-order valence-electron chi connectivity index (χ4n) is 0.149. The molecule has 0 atom stereocenters. The molecule has 0 bridgehead atoms. The zero-order chi connectivity index (χ0) is 5.70. The molecule has 0 N–H and O–H groups in total. The van der Waals surface area contributed by atoms with Crippen LogP contribution in [-0.2, 0) is 9.74 Å². The molecule has 0 aliphatic rings. The van der Waals surface area contributed by atoms with Crippen LogP contribution in [0.15, 0.2) is 12.7 Å². The summed E-state index contributed by atoms with van der Waals surface area (Å²) in [4.78, 5) is 12.5. The Kier molecular flexibility index (Phi) is 2.92. The van der Waals surface area contributed by atoms with Crippen LogP contribution in [0.1, 0.15) is 6.42 Å². The lowest BCUT2D eigenvalue weighted by molar-refractivity contribution is -0.182. The second-order valence-corrected chi connectivity index (χ2v) is 0.942. The molecule has 0 aromatic heterocycles. The maximum Gasteiger partial charge on any atom is 0.352 e. The van der Waals surface area contributed by atoms with Crippen LogP contribution in [0.5, 0.6) is 0 Å². The summed E-state index contributed by atoms with van der Waals surface area (Å²) < 4.78 is 10.7. The van der Waals surface area contributed by atoms with E-state index in [0.29, 0.717) is 0 Å². The van der Waals surface area contributed by atoms with E-state index in [1.807, 2.05) is 0 Å². The minimum absolute atomic E-state index is 0.0729. The predicted molar refractivity (Wildman–Crippen MR) is 22.0 cm³/mol. The van der Waals surface area contributed by atoms with Crippen molar-refractivity contribution in [2.24, 2.45) is 0 Å². The third-order valence-electron chi connectivity index (χ3n) is 0.397. The van der Waals surface area contributed by atoms with Crippen LogP contribution in [0, 0.1) is 0 Å². The molecule has 0 amide bonds. The second-order valence-electron chi connectivity index (χ2n) is 0.942. The molecule has 0 heterocycles. The van der Waals surface area contributed by atoms with Crippen molar-refractivity contribution in [3.05, 3.63) is 12.7 Å². The van der Waals surface area contributed by atoms with Crippen LogP contribution in [0.2, 0.25) is 0 Å². The summed E-state index contributed by atoms with van der Waals surface area (Å²) in [5, 5.41) is 0. The van der Waals surface area contributed by atoms with Crippen LogP contribution >= 0.6 is 0 Å². The van der Waals surface area contributed by atoms with Gasteiger partial charge in [-0.1, -0.05) is 6.08 Å². The highest BCUT2D eigenvalue weighted by molar-refractivity contribution is 5.70. The van der Waals surface area contributed by atoms with E-state index < -0.39 is 5.97 Å². The highest BCUT2D eigenvalue weighted by Crippen LogP contribution is 1.84. The van der Waals surface area contributed by atoms with E-state index in [4.69, 9.17) is 0 Å². The molecule has 7 heavy (non-hydrogen) atoms. The van der Waals surface area contributed by atoms with Gasteiger partial charge in [-0.15, -0.1) is 6.58 Å². The fourth-order valence-corrected chi connectivity index (χ4v) is 0.149. The van der Waals surface area contributed by atoms with E-state index in [-0.39, 0.29) is 6.42 Å². The summed E-state index contributed by atoms with van der Waals surface area (Å²) in [7, 11) is 0. The van der Waals surface area contributed by atoms with Crippen molar-refractivity contribution in [2.45, 2.75) is 6.42 Å². The number of carbonyl (C=O) groups excluding carboxylic acids is 1. The van der Waals surface area contributed by atoms with Gasteiger partial charge in [-0.2, -0.15) is 0 Å². The van der Waals surface area contributed by atoms with Gasteiger partial charge >= 0.3 is 5.97 Å². The van der Waals surface area contributed by atoms with Gasteiger partial charge in [-0.3, -0.25) is 4.94 Å². The van der Waals surface area contributed by atoms with E-state index in [9.17, 15) is 9.32 Å². The first-order chi connectivity index (χ1) is 3.31. The van der Waals surface area contributed by atoms with Gasteiger partial charge in [0.2, 0.25) is 0 Å². The van der Waals surface area contributed by atoms with Gasteiger partial charge in [0.25, 0.3) is 0 Å². The first kappa shape index (κ1) is 6.14. The SMILES string of the molecule is C=CCC(=O)OF. The Morgan fingerprint density at radius 1 is 2.00 bits per heavy atom. The molecule has 0 fully saturated rings. The minimum Gasteiger partial charge on any atom is -0.255 e. The van der Waals surface area contributed by atoms with E-state index in [2.05, 4.69) is 11.5 Å². The van der Waals surface area contributed by atoms with Crippen LogP contribution in [0.3, 0.4) is 0 Å². The second kappa shape index (κ2) is 3.33. The van der Waals surface area contributed by atoms with Gasteiger partial charge in [0.1, 0.15) is 0 Å². The molecule has 40 valence electrons. The average molecular weight is 104 g/mol. The number of carbonyl (C=O) groups is 1. The zero-order valence-corrected chi connectivity index (χ0v) is 3.69. The van der Waals surface area contributed by atoms with Gasteiger partial charge in [-0.25, -0.2) is 4.79 Å². The van der Waals surface area contributed by atoms with Crippen molar-refractivity contribution in [3.8, 4) is 0 Å². The molecule has 0 rings (SSSR count). The van der Waals surface area contributed by atoms with Gasteiger partial charge in [0.05, 0.1) is 6.42 Å². The molecule has 0 aliphatic heterocycles. The maximum absolute atomic E-state index is 10.7. The highest BCUT2D eigenvalue weighted by Gasteiger charge is 1.94. The Morgan fingerprint density at radius 2 is 2.57 bits per heavy atom. The molecule has 2 nitrogen and oxygen atoms in total. The smallest absolute Gasteiger partial charge is 0.255 e. The Hall–Kier alpha value is -0.860. The maximum atomic E-state index is 10.7. The zero-order valence-electron chi connectivity index (χ0n) is 3.69. The lowest BCUT2D eigenvalue weighted by Crippen LogP contribution is -1.92. The number of rotatable bonds is 2. The topological polar surface area (TPSA) is 26.3 Å². The molecule has 0 aromatic rings. The largest absolute Gasteiger partial charge is 0.352 e. The average Bonchev–Trinajstić information content (AvgIpc) is 1.68. The molecule has 0 saturated heterocycles. The summed E-state index contributed by atoms with van der Waals surface area (Å²) in [6, 6.07) is 0. The van der Waals surface area contributed by atoms with Gasteiger partial charge in [0.15, 0.2) is 0 Å². The molecule has 3 heteroatoms. The lowest BCUT2D eigenvalue weighted by atomic mass is 10.4. The van der Waals surface area contributed by atoms with E-state index in [1.54, 1.807) is 0 Å². The minimum atomic E-state index is -0.907. The Balaban J connectivity index is 3.17. The highest BCUT2D eigenvalue weighted by atomic mass is 19.3. The fraction of sp³-hybridized carbons (Fsp3) is 0.250. The van der Waals surface area contributed by atoms with E-state index >= 15 is 0 Å². The van der Waals surface area contributed by atoms with Gasteiger partial charge in [0, 0.05) is 4.53 Å². The van der Waals surface area contributed by atoms with Crippen molar-refractivity contribution in [3.63, 3.8) is 0 Å². The van der Waals surface area contributed by atoms with E-state index in [0.717, 1.165) is 0 Å². The molecule has 0 aliphatic carbocycles. The third kappa shape index (κ3) is 2.96. The Bertz CT molecular complexity index is 79.8. The van der Waals surface area contributed by atoms with Gasteiger partial charge < -0.3 is 0 Å². The van der Waals surface area contributed by atoms with Crippen molar-refractivity contribution < 1.29 is 14.3 Å². The van der Waals surface area contributed by atoms with E-state index in [1.165, 1.54) is 6.08 Å². The molecule has 0 saturated carbocycles. The van der Waals surface area contributed by atoms with Crippen molar-refractivity contribution >= 4 is 5.97 Å². The number of hydrogen-bond acceptors (Lipinski definition) is 2. The molecular weight excluding hydrogens is 99.0 g/mol. The van der Waals surface area contributed by atoms with Gasteiger partial charge in [-0.05, 0) is 0 Å².